The molecule has 0 fully saturated rings. The first-order valence-corrected chi connectivity index (χ1v) is 6.65. The van der Waals surface area contributed by atoms with Gasteiger partial charge in [-0.2, -0.15) is 0 Å². The van der Waals surface area contributed by atoms with Gasteiger partial charge < -0.3 is 14.8 Å². The summed E-state index contributed by atoms with van der Waals surface area (Å²) in [7, 11) is 1.59. The van der Waals surface area contributed by atoms with E-state index in [-0.39, 0.29) is 12.5 Å². The van der Waals surface area contributed by atoms with Gasteiger partial charge >= 0.3 is 0 Å². The molecule has 5 nitrogen and oxygen atoms in total. The normalized spacial score (nSPS) is 9.90. The average Bonchev–Trinajstić information content (AvgIpc) is 2.48. The SMILES string of the molecule is COc1ccc(OCC(=O)Nc2ccc(Br)cn2)cc1. The van der Waals surface area contributed by atoms with Gasteiger partial charge in [0, 0.05) is 10.7 Å². The zero-order valence-corrected chi connectivity index (χ0v) is 12.4. The van der Waals surface area contributed by atoms with Crippen LogP contribution in [0.25, 0.3) is 0 Å². The van der Waals surface area contributed by atoms with Crippen LogP contribution in [-0.2, 0) is 4.79 Å². The lowest BCUT2D eigenvalue weighted by atomic mass is 10.3. The Hall–Kier alpha value is -2.08. The second-order valence-corrected chi connectivity index (χ2v) is 4.79. The monoisotopic (exact) mass is 336 g/mol. The third-order valence-corrected chi connectivity index (χ3v) is 2.89. The van der Waals surface area contributed by atoms with E-state index in [1.807, 2.05) is 0 Å². The summed E-state index contributed by atoms with van der Waals surface area (Å²) in [6, 6.07) is 10.5. The Morgan fingerprint density at radius 2 is 1.90 bits per heavy atom. The van der Waals surface area contributed by atoms with Crippen LogP contribution in [0.5, 0.6) is 11.5 Å². The highest BCUT2D eigenvalue weighted by Gasteiger charge is 2.04. The minimum absolute atomic E-state index is 0.0793. The van der Waals surface area contributed by atoms with Gasteiger partial charge in [-0.3, -0.25) is 4.79 Å². The molecule has 20 heavy (non-hydrogen) atoms. The first-order valence-electron chi connectivity index (χ1n) is 5.85. The minimum atomic E-state index is -0.268. The standard InChI is InChI=1S/C14H13BrN2O3/c1-19-11-3-5-12(6-4-11)20-9-14(18)17-13-7-2-10(15)8-16-13/h2-8H,9H2,1H3,(H,16,17,18). The number of hydrogen-bond donors (Lipinski definition) is 1. The maximum atomic E-state index is 11.7. The van der Waals surface area contributed by atoms with Crippen molar-refractivity contribution in [3.05, 3.63) is 47.1 Å². The van der Waals surface area contributed by atoms with Gasteiger partial charge in [0.15, 0.2) is 6.61 Å². The molecule has 0 atom stereocenters. The number of methoxy groups -OCH3 is 1. The lowest BCUT2D eigenvalue weighted by Crippen LogP contribution is -2.20. The van der Waals surface area contributed by atoms with Crippen LogP contribution in [0, 0.1) is 0 Å². The topological polar surface area (TPSA) is 60.5 Å². The van der Waals surface area contributed by atoms with Gasteiger partial charge in [0.1, 0.15) is 17.3 Å². The van der Waals surface area contributed by atoms with E-state index in [2.05, 4.69) is 26.2 Å². The summed E-state index contributed by atoms with van der Waals surface area (Å²) in [5.74, 6) is 1.55. The molecule has 0 saturated carbocycles. The van der Waals surface area contributed by atoms with Crippen molar-refractivity contribution in [3.63, 3.8) is 0 Å². The highest BCUT2D eigenvalue weighted by atomic mass is 79.9. The summed E-state index contributed by atoms with van der Waals surface area (Å²) < 4.78 is 11.2. The van der Waals surface area contributed by atoms with Crippen molar-refractivity contribution < 1.29 is 14.3 Å². The molecule has 0 saturated heterocycles. The molecule has 2 aromatic rings. The van der Waals surface area contributed by atoms with E-state index in [1.165, 1.54) is 0 Å². The molecule has 0 aliphatic rings. The summed E-state index contributed by atoms with van der Waals surface area (Å²) in [6.45, 7) is -0.0793. The van der Waals surface area contributed by atoms with E-state index >= 15 is 0 Å². The molecule has 1 aromatic carbocycles. The Balaban J connectivity index is 1.83. The molecule has 2 rings (SSSR count). The summed E-state index contributed by atoms with van der Waals surface area (Å²) in [5.41, 5.74) is 0. The number of pyridine rings is 1. The summed E-state index contributed by atoms with van der Waals surface area (Å²) in [6.07, 6.45) is 1.61. The third kappa shape index (κ3) is 4.24. The maximum Gasteiger partial charge on any atom is 0.263 e. The van der Waals surface area contributed by atoms with Crippen molar-refractivity contribution in [1.82, 2.24) is 4.98 Å². The zero-order valence-electron chi connectivity index (χ0n) is 10.8. The molecule has 1 N–H and O–H groups in total. The molecule has 0 bridgehead atoms. The number of carbonyl (C=O) groups excluding carboxylic acids is 1. The van der Waals surface area contributed by atoms with Crippen molar-refractivity contribution in [2.24, 2.45) is 0 Å². The second kappa shape index (κ2) is 6.91. The number of benzene rings is 1. The van der Waals surface area contributed by atoms with Crippen LogP contribution in [0.3, 0.4) is 0 Å². The smallest absolute Gasteiger partial charge is 0.263 e. The minimum Gasteiger partial charge on any atom is -0.497 e. The van der Waals surface area contributed by atoms with Gasteiger partial charge in [-0.1, -0.05) is 0 Å². The number of amides is 1. The molecule has 6 heteroatoms. The van der Waals surface area contributed by atoms with Crippen molar-refractivity contribution >= 4 is 27.7 Å². The van der Waals surface area contributed by atoms with E-state index in [1.54, 1.807) is 49.7 Å². The number of anilines is 1. The number of carbonyl (C=O) groups is 1. The number of nitrogens with zero attached hydrogens (tertiary/aromatic N) is 1. The highest BCUT2D eigenvalue weighted by Crippen LogP contribution is 2.17. The molecular formula is C14H13BrN2O3. The van der Waals surface area contributed by atoms with Crippen LogP contribution in [-0.4, -0.2) is 24.6 Å². The quantitative estimate of drug-likeness (QED) is 0.911. The number of halogens is 1. The predicted octanol–water partition coefficient (Wildman–Crippen LogP) is 2.87. The average molecular weight is 337 g/mol. The molecule has 0 spiro atoms. The maximum absolute atomic E-state index is 11.7. The van der Waals surface area contributed by atoms with Crippen molar-refractivity contribution in [1.29, 1.82) is 0 Å². The second-order valence-electron chi connectivity index (χ2n) is 3.87. The fourth-order valence-electron chi connectivity index (χ4n) is 1.45. The first kappa shape index (κ1) is 14.3. The molecule has 1 amide bonds. The van der Waals surface area contributed by atoms with Gasteiger partial charge in [0.25, 0.3) is 5.91 Å². The summed E-state index contributed by atoms with van der Waals surface area (Å²) >= 11 is 3.27. The van der Waals surface area contributed by atoms with Crippen LogP contribution in [0.15, 0.2) is 47.1 Å². The fraction of sp³-hybridized carbons (Fsp3) is 0.143. The van der Waals surface area contributed by atoms with Crippen LogP contribution in [0.2, 0.25) is 0 Å². The van der Waals surface area contributed by atoms with Crippen LogP contribution < -0.4 is 14.8 Å². The number of ether oxygens (including phenoxy) is 2. The molecule has 0 aliphatic carbocycles. The van der Waals surface area contributed by atoms with Crippen molar-refractivity contribution in [3.8, 4) is 11.5 Å². The Bertz CT molecular complexity index is 570. The number of hydrogen-bond acceptors (Lipinski definition) is 4. The lowest BCUT2D eigenvalue weighted by Gasteiger charge is -2.07. The van der Waals surface area contributed by atoms with Crippen molar-refractivity contribution in [2.45, 2.75) is 0 Å². The molecular weight excluding hydrogens is 324 g/mol. The third-order valence-electron chi connectivity index (χ3n) is 2.42. The highest BCUT2D eigenvalue weighted by molar-refractivity contribution is 9.10. The predicted molar refractivity (Wildman–Crippen MR) is 79.1 cm³/mol. The van der Waals surface area contributed by atoms with Crippen molar-refractivity contribution in [2.75, 3.05) is 19.0 Å². The zero-order chi connectivity index (χ0) is 14.4. The van der Waals surface area contributed by atoms with E-state index in [0.717, 1.165) is 10.2 Å². The van der Waals surface area contributed by atoms with Gasteiger partial charge in [0.2, 0.25) is 0 Å². The van der Waals surface area contributed by atoms with Crippen LogP contribution in [0.1, 0.15) is 0 Å². The van der Waals surface area contributed by atoms with Gasteiger partial charge in [-0.05, 0) is 52.3 Å². The number of aromatic nitrogens is 1. The Kier molecular flexibility index (Phi) is 4.95. The molecule has 0 aliphatic heterocycles. The molecule has 1 heterocycles. The molecule has 104 valence electrons. The van der Waals surface area contributed by atoms with Gasteiger partial charge in [-0.15, -0.1) is 0 Å². The van der Waals surface area contributed by atoms with Crippen LogP contribution >= 0.6 is 15.9 Å². The van der Waals surface area contributed by atoms with Crippen LogP contribution in [0.4, 0.5) is 5.82 Å². The Morgan fingerprint density at radius 1 is 1.20 bits per heavy atom. The van der Waals surface area contributed by atoms with E-state index < -0.39 is 0 Å². The first-order chi connectivity index (χ1) is 9.67. The van der Waals surface area contributed by atoms with Gasteiger partial charge in [-0.25, -0.2) is 4.98 Å². The van der Waals surface area contributed by atoms with Gasteiger partial charge in [0.05, 0.1) is 7.11 Å². The molecule has 1 aromatic heterocycles. The molecule has 0 radical (unpaired) electrons. The summed E-state index contributed by atoms with van der Waals surface area (Å²) in [4.78, 5) is 15.7. The largest absolute Gasteiger partial charge is 0.497 e. The Labute approximate surface area is 125 Å². The lowest BCUT2D eigenvalue weighted by molar-refractivity contribution is -0.118. The van der Waals surface area contributed by atoms with E-state index in [9.17, 15) is 4.79 Å². The number of rotatable bonds is 5. The summed E-state index contributed by atoms with van der Waals surface area (Å²) in [5, 5.41) is 2.64. The van der Waals surface area contributed by atoms with E-state index in [4.69, 9.17) is 9.47 Å². The number of nitrogens with one attached hydrogen (secondary N) is 1. The molecule has 0 unspecified atom stereocenters. The van der Waals surface area contributed by atoms with E-state index in [0.29, 0.717) is 11.6 Å². The Morgan fingerprint density at radius 3 is 2.50 bits per heavy atom. The fourth-order valence-corrected chi connectivity index (χ4v) is 1.68.